The number of hydrogen-bond donors (Lipinski definition) is 1. The summed E-state index contributed by atoms with van der Waals surface area (Å²) in [5.74, 6) is 0. The number of nitrogens with zero attached hydrogens (tertiary/aromatic N) is 2. The van der Waals surface area contributed by atoms with Crippen LogP contribution >= 0.6 is 23.4 Å². The molecule has 1 aliphatic rings. The fourth-order valence-electron chi connectivity index (χ4n) is 3.27. The molecule has 25 heavy (non-hydrogen) atoms. The van der Waals surface area contributed by atoms with Crippen molar-refractivity contribution in [3.63, 3.8) is 0 Å². The Morgan fingerprint density at radius 3 is 2.48 bits per heavy atom. The Morgan fingerprint density at radius 2 is 1.80 bits per heavy atom. The molecule has 0 radical (unpaired) electrons. The van der Waals surface area contributed by atoms with Gasteiger partial charge in [-0.15, -0.1) is 0 Å². The SMILES string of the molecule is C[C@H](c1cc(Cl)ccc1Sc1ccccc1)N1CCN(CCO)CC1. The molecule has 0 aliphatic carbocycles. The van der Waals surface area contributed by atoms with Gasteiger partial charge >= 0.3 is 0 Å². The molecule has 134 valence electrons. The highest BCUT2D eigenvalue weighted by atomic mass is 35.5. The number of β-amino-alcohol motifs (C(OH)–C–C–N with tert-alkyl or cyclic N) is 1. The molecule has 0 amide bonds. The average Bonchev–Trinajstić information content (AvgIpc) is 2.64. The number of benzene rings is 2. The highest BCUT2D eigenvalue weighted by Gasteiger charge is 2.23. The highest BCUT2D eigenvalue weighted by molar-refractivity contribution is 7.99. The van der Waals surface area contributed by atoms with Crippen LogP contribution in [0.3, 0.4) is 0 Å². The van der Waals surface area contributed by atoms with E-state index in [0.717, 1.165) is 37.7 Å². The van der Waals surface area contributed by atoms with Crippen molar-refractivity contribution < 1.29 is 5.11 Å². The molecule has 1 N–H and O–H groups in total. The van der Waals surface area contributed by atoms with Crippen LogP contribution in [-0.2, 0) is 0 Å². The first-order valence-corrected chi connectivity index (χ1v) is 9.96. The quantitative estimate of drug-likeness (QED) is 0.818. The molecular formula is C20H25ClN2OS. The van der Waals surface area contributed by atoms with Gasteiger partial charge in [-0.25, -0.2) is 0 Å². The molecule has 0 spiro atoms. The van der Waals surface area contributed by atoms with Gasteiger partial charge in [0.25, 0.3) is 0 Å². The minimum atomic E-state index is 0.238. The molecule has 0 aromatic heterocycles. The van der Waals surface area contributed by atoms with Gasteiger partial charge in [-0.3, -0.25) is 9.80 Å². The maximum atomic E-state index is 9.11. The molecule has 1 saturated heterocycles. The van der Waals surface area contributed by atoms with Crippen molar-refractivity contribution in [3.8, 4) is 0 Å². The average molecular weight is 377 g/mol. The van der Waals surface area contributed by atoms with Crippen LogP contribution in [0.15, 0.2) is 58.3 Å². The van der Waals surface area contributed by atoms with Crippen LogP contribution in [-0.4, -0.2) is 54.2 Å². The lowest BCUT2D eigenvalue weighted by atomic mass is 10.1. The molecule has 2 aromatic carbocycles. The summed E-state index contributed by atoms with van der Waals surface area (Å²) >= 11 is 8.10. The third-order valence-corrected chi connectivity index (χ3v) is 6.10. The minimum absolute atomic E-state index is 0.238. The predicted octanol–water partition coefficient (Wildman–Crippen LogP) is 4.16. The van der Waals surface area contributed by atoms with Gasteiger partial charge in [-0.05, 0) is 42.8 Å². The second-order valence-corrected chi connectivity index (χ2v) is 7.93. The van der Waals surface area contributed by atoms with E-state index in [4.69, 9.17) is 16.7 Å². The zero-order valence-corrected chi connectivity index (χ0v) is 16.1. The second kappa shape index (κ2) is 9.06. The Bertz CT molecular complexity index is 675. The molecule has 1 fully saturated rings. The standard InChI is InChI=1S/C20H25ClN2OS/c1-16(23-11-9-22(10-12-23)13-14-24)19-15-17(21)7-8-20(19)25-18-5-3-2-4-6-18/h2-8,15-16,24H,9-14H2,1H3/t16-/m1/s1. The molecule has 1 atom stereocenters. The van der Waals surface area contributed by atoms with Gasteiger partial charge in [0.05, 0.1) is 6.61 Å². The first kappa shape index (κ1) is 18.7. The zero-order chi connectivity index (χ0) is 17.6. The lowest BCUT2D eigenvalue weighted by Gasteiger charge is -2.38. The smallest absolute Gasteiger partial charge is 0.0558 e. The first-order valence-electron chi connectivity index (χ1n) is 8.77. The molecule has 3 nitrogen and oxygen atoms in total. The van der Waals surface area contributed by atoms with Gasteiger partial charge in [-0.2, -0.15) is 0 Å². The van der Waals surface area contributed by atoms with Crippen molar-refractivity contribution in [1.82, 2.24) is 9.80 Å². The summed E-state index contributed by atoms with van der Waals surface area (Å²) in [7, 11) is 0. The van der Waals surface area contributed by atoms with Crippen molar-refractivity contribution in [1.29, 1.82) is 0 Å². The highest BCUT2D eigenvalue weighted by Crippen LogP contribution is 2.36. The third kappa shape index (κ3) is 4.99. The van der Waals surface area contributed by atoms with Gasteiger partial charge in [-0.1, -0.05) is 41.6 Å². The number of aliphatic hydroxyl groups excluding tert-OH is 1. The Morgan fingerprint density at radius 1 is 1.08 bits per heavy atom. The van der Waals surface area contributed by atoms with Crippen LogP contribution in [0.4, 0.5) is 0 Å². The van der Waals surface area contributed by atoms with Gasteiger partial charge in [0, 0.05) is 53.6 Å². The van der Waals surface area contributed by atoms with Crippen LogP contribution < -0.4 is 0 Å². The molecule has 2 aromatic rings. The van der Waals surface area contributed by atoms with E-state index in [1.54, 1.807) is 11.8 Å². The summed E-state index contributed by atoms with van der Waals surface area (Å²) < 4.78 is 0. The van der Waals surface area contributed by atoms with E-state index < -0.39 is 0 Å². The van der Waals surface area contributed by atoms with Gasteiger partial charge in [0.15, 0.2) is 0 Å². The summed E-state index contributed by atoms with van der Waals surface area (Å²) in [6.07, 6.45) is 0. The van der Waals surface area contributed by atoms with Crippen LogP contribution in [0.1, 0.15) is 18.5 Å². The maximum Gasteiger partial charge on any atom is 0.0558 e. The van der Waals surface area contributed by atoms with E-state index in [1.165, 1.54) is 15.4 Å². The van der Waals surface area contributed by atoms with Crippen molar-refractivity contribution in [2.45, 2.75) is 22.8 Å². The summed E-state index contributed by atoms with van der Waals surface area (Å²) in [5, 5.41) is 9.90. The molecule has 1 heterocycles. The van der Waals surface area contributed by atoms with Crippen LogP contribution in [0.25, 0.3) is 0 Å². The summed E-state index contributed by atoms with van der Waals surface area (Å²) in [6, 6.07) is 17.0. The molecule has 5 heteroatoms. The Balaban J connectivity index is 1.75. The molecule has 1 aliphatic heterocycles. The first-order chi connectivity index (χ1) is 12.2. The number of halogens is 1. The summed E-state index contributed by atoms with van der Waals surface area (Å²) in [4.78, 5) is 7.34. The second-order valence-electron chi connectivity index (χ2n) is 6.37. The van der Waals surface area contributed by atoms with Crippen molar-refractivity contribution in [3.05, 3.63) is 59.1 Å². The third-order valence-electron chi connectivity index (χ3n) is 4.76. The number of rotatable bonds is 6. The van der Waals surface area contributed by atoms with E-state index in [0.29, 0.717) is 6.04 Å². The number of piperazine rings is 1. The van der Waals surface area contributed by atoms with Crippen molar-refractivity contribution in [2.24, 2.45) is 0 Å². The normalized spacial score (nSPS) is 17.6. The fraction of sp³-hybridized carbons (Fsp3) is 0.400. The van der Waals surface area contributed by atoms with E-state index >= 15 is 0 Å². The van der Waals surface area contributed by atoms with Gasteiger partial charge < -0.3 is 5.11 Å². The Labute approximate surface area is 159 Å². The molecule has 0 unspecified atom stereocenters. The van der Waals surface area contributed by atoms with Crippen LogP contribution in [0.2, 0.25) is 5.02 Å². The van der Waals surface area contributed by atoms with Crippen LogP contribution in [0, 0.1) is 0 Å². The van der Waals surface area contributed by atoms with Crippen LogP contribution in [0.5, 0.6) is 0 Å². The molecule has 0 saturated carbocycles. The lowest BCUT2D eigenvalue weighted by Crippen LogP contribution is -2.47. The van der Waals surface area contributed by atoms with Gasteiger partial charge in [0.1, 0.15) is 0 Å². The molecular weight excluding hydrogens is 352 g/mol. The van der Waals surface area contributed by atoms with E-state index in [1.807, 2.05) is 12.1 Å². The van der Waals surface area contributed by atoms with Crippen molar-refractivity contribution in [2.75, 3.05) is 39.3 Å². The van der Waals surface area contributed by atoms with E-state index in [9.17, 15) is 0 Å². The predicted molar refractivity (Wildman–Crippen MR) is 106 cm³/mol. The fourth-order valence-corrected chi connectivity index (χ4v) is 4.48. The van der Waals surface area contributed by atoms with E-state index in [-0.39, 0.29) is 6.61 Å². The Kier molecular flexibility index (Phi) is 6.79. The summed E-state index contributed by atoms with van der Waals surface area (Å²) in [6.45, 7) is 7.32. The maximum absolute atomic E-state index is 9.11. The monoisotopic (exact) mass is 376 g/mol. The number of aliphatic hydroxyl groups is 1. The molecule has 3 rings (SSSR count). The summed E-state index contributed by atoms with van der Waals surface area (Å²) in [5.41, 5.74) is 1.29. The Hall–Kier alpha value is -1.04. The minimum Gasteiger partial charge on any atom is -0.395 e. The molecule has 0 bridgehead atoms. The van der Waals surface area contributed by atoms with Crippen molar-refractivity contribution >= 4 is 23.4 Å². The topological polar surface area (TPSA) is 26.7 Å². The van der Waals surface area contributed by atoms with E-state index in [2.05, 4.69) is 53.1 Å². The zero-order valence-electron chi connectivity index (χ0n) is 14.6. The number of hydrogen-bond acceptors (Lipinski definition) is 4. The lowest BCUT2D eigenvalue weighted by molar-refractivity contribution is 0.0881. The largest absolute Gasteiger partial charge is 0.395 e. The van der Waals surface area contributed by atoms with Gasteiger partial charge in [0.2, 0.25) is 0 Å².